The van der Waals surface area contributed by atoms with E-state index in [0.29, 0.717) is 28.5 Å². The van der Waals surface area contributed by atoms with Gasteiger partial charge in [-0.1, -0.05) is 96.0 Å². The smallest absolute Gasteiger partial charge is 0.394 e. The molecule has 42 heavy (non-hydrogen) atoms. The maximum absolute atomic E-state index is 12.5. The summed E-state index contributed by atoms with van der Waals surface area (Å²) >= 11 is 1.02. The van der Waals surface area contributed by atoms with Crippen LogP contribution in [0.3, 0.4) is 0 Å². The second-order valence-corrected chi connectivity index (χ2v) is 13.1. The first-order valence-electron chi connectivity index (χ1n) is 14.6. The van der Waals surface area contributed by atoms with Crippen molar-refractivity contribution in [3.8, 4) is 11.5 Å². The number of hydrogen-bond donors (Lipinski definition) is 2. The molecule has 0 aliphatic carbocycles. The highest BCUT2D eigenvalue weighted by Gasteiger charge is 2.23. The minimum absolute atomic E-state index is 0.0244. The van der Waals surface area contributed by atoms with Gasteiger partial charge in [0.05, 0.1) is 6.54 Å². The number of nitrogens with zero attached hydrogens (tertiary/aromatic N) is 1. The van der Waals surface area contributed by atoms with E-state index in [-0.39, 0.29) is 17.3 Å². The molecule has 0 aliphatic rings. The molecule has 0 bridgehead atoms. The molecule has 3 rings (SSSR count). The summed E-state index contributed by atoms with van der Waals surface area (Å²) in [4.78, 5) is 25.5. The predicted octanol–water partition coefficient (Wildman–Crippen LogP) is 7.60. The molecule has 0 spiro atoms. The Bertz CT molecular complexity index is 1300. The van der Waals surface area contributed by atoms with Crippen molar-refractivity contribution >= 4 is 33.2 Å². The first-order valence-corrected chi connectivity index (χ1v) is 16.9. The second-order valence-electron chi connectivity index (χ2n) is 9.91. The number of benzene rings is 2. The molecule has 0 fully saturated rings. The average molecular weight is 617 g/mol. The number of unbranched alkanes of at least 4 members (excludes halogenated alkanes) is 6. The molecule has 0 saturated carbocycles. The van der Waals surface area contributed by atoms with Crippen LogP contribution >= 0.6 is 11.3 Å². The SMILES string of the molecule is CCCCCCC.CCCCCNS(=O)(=O)c1ccc(CN(Cc2ccc(Oc3ccccc3)cc2)C(=O)C(=O)O)s1. The molecule has 10 heteroatoms. The number of para-hydroxylation sites is 1. The normalized spacial score (nSPS) is 10.9. The van der Waals surface area contributed by atoms with E-state index in [1.807, 2.05) is 37.3 Å². The zero-order chi connectivity index (χ0) is 30.8. The third-order valence-electron chi connectivity index (χ3n) is 6.27. The first kappa shape index (κ1) is 35.0. The molecule has 1 amide bonds. The van der Waals surface area contributed by atoms with E-state index < -0.39 is 21.9 Å². The van der Waals surface area contributed by atoms with Gasteiger partial charge in [0.25, 0.3) is 0 Å². The molecule has 3 aromatic rings. The summed E-state index contributed by atoms with van der Waals surface area (Å²) in [5, 5.41) is 9.28. The van der Waals surface area contributed by atoms with Crippen LogP contribution in [-0.2, 0) is 32.7 Å². The zero-order valence-corrected chi connectivity index (χ0v) is 26.5. The Morgan fingerprint density at radius 3 is 1.98 bits per heavy atom. The van der Waals surface area contributed by atoms with Crippen LogP contribution in [0.25, 0.3) is 0 Å². The van der Waals surface area contributed by atoms with Crippen LogP contribution in [0.4, 0.5) is 0 Å². The van der Waals surface area contributed by atoms with Gasteiger partial charge in [0.15, 0.2) is 0 Å². The minimum atomic E-state index is -3.65. The molecule has 1 aromatic heterocycles. The van der Waals surface area contributed by atoms with Crippen LogP contribution in [0.1, 0.15) is 82.6 Å². The van der Waals surface area contributed by atoms with Gasteiger partial charge in [-0.25, -0.2) is 17.9 Å². The Kier molecular flexibility index (Phi) is 15.9. The molecule has 2 aromatic carbocycles. The molecular formula is C32H44N2O6S2. The number of carbonyl (C=O) groups is 2. The standard InChI is InChI=1S/C25H28N2O6S2.C7H16/c1-2-3-7-16-26-35(31,32)23-15-14-22(34-23)18-27(24(28)25(29)30)17-19-10-12-21(13-11-19)33-20-8-5-4-6-9-20;1-3-5-7-6-4-2/h4-6,8-15,26H,2-3,7,16-18H2,1H3,(H,29,30);3-7H2,1-2H3. The monoisotopic (exact) mass is 616 g/mol. The van der Waals surface area contributed by atoms with Gasteiger partial charge in [-0.05, 0) is 48.4 Å². The highest BCUT2D eigenvalue weighted by molar-refractivity contribution is 7.91. The molecule has 0 radical (unpaired) electrons. The van der Waals surface area contributed by atoms with Gasteiger partial charge in [-0.15, -0.1) is 11.3 Å². The van der Waals surface area contributed by atoms with E-state index >= 15 is 0 Å². The number of rotatable bonds is 16. The van der Waals surface area contributed by atoms with E-state index in [0.717, 1.165) is 30.6 Å². The van der Waals surface area contributed by atoms with Crippen molar-refractivity contribution in [2.45, 2.75) is 89.4 Å². The molecule has 0 aliphatic heterocycles. The Morgan fingerprint density at radius 2 is 1.38 bits per heavy atom. The number of nitrogens with one attached hydrogen (secondary N) is 1. The topological polar surface area (TPSA) is 113 Å². The lowest BCUT2D eigenvalue weighted by atomic mass is 10.2. The fourth-order valence-electron chi connectivity index (χ4n) is 3.95. The van der Waals surface area contributed by atoms with E-state index in [1.54, 1.807) is 30.3 Å². The number of hydrogen-bond acceptors (Lipinski definition) is 6. The van der Waals surface area contributed by atoms with Crippen molar-refractivity contribution in [2.75, 3.05) is 6.54 Å². The molecule has 8 nitrogen and oxygen atoms in total. The highest BCUT2D eigenvalue weighted by Crippen LogP contribution is 2.25. The first-order chi connectivity index (χ1) is 20.2. The maximum Gasteiger partial charge on any atom is 0.394 e. The van der Waals surface area contributed by atoms with E-state index in [2.05, 4.69) is 18.6 Å². The van der Waals surface area contributed by atoms with Crippen molar-refractivity contribution in [3.05, 3.63) is 77.2 Å². The second kappa shape index (κ2) is 19.1. The van der Waals surface area contributed by atoms with Crippen molar-refractivity contribution in [2.24, 2.45) is 0 Å². The third kappa shape index (κ3) is 12.8. The van der Waals surface area contributed by atoms with Crippen LogP contribution < -0.4 is 9.46 Å². The van der Waals surface area contributed by atoms with Crippen molar-refractivity contribution < 1.29 is 27.9 Å². The number of carbonyl (C=O) groups excluding carboxylic acids is 1. The van der Waals surface area contributed by atoms with E-state index in [9.17, 15) is 23.1 Å². The van der Waals surface area contributed by atoms with Gasteiger partial charge in [-0.3, -0.25) is 4.79 Å². The number of ether oxygens (including phenoxy) is 1. The lowest BCUT2D eigenvalue weighted by molar-refractivity contribution is -0.156. The Labute approximate surface area is 254 Å². The van der Waals surface area contributed by atoms with Gasteiger partial charge in [0.1, 0.15) is 15.7 Å². The van der Waals surface area contributed by atoms with Crippen LogP contribution in [0.2, 0.25) is 0 Å². The van der Waals surface area contributed by atoms with E-state index in [4.69, 9.17) is 4.74 Å². The van der Waals surface area contributed by atoms with Gasteiger partial charge >= 0.3 is 11.9 Å². The van der Waals surface area contributed by atoms with Gasteiger partial charge in [0, 0.05) is 18.0 Å². The molecule has 0 unspecified atom stereocenters. The van der Waals surface area contributed by atoms with Crippen molar-refractivity contribution in [3.63, 3.8) is 0 Å². The summed E-state index contributed by atoms with van der Waals surface area (Å²) in [7, 11) is -3.65. The zero-order valence-electron chi connectivity index (χ0n) is 24.9. The van der Waals surface area contributed by atoms with Crippen LogP contribution in [0.5, 0.6) is 11.5 Å². The summed E-state index contributed by atoms with van der Waals surface area (Å²) in [6.45, 7) is 6.91. The Hall–Kier alpha value is -3.21. The quantitative estimate of drug-likeness (QED) is 0.127. The highest BCUT2D eigenvalue weighted by atomic mass is 32.2. The van der Waals surface area contributed by atoms with Crippen LogP contribution in [0.15, 0.2) is 70.9 Å². The fraction of sp³-hybridized carbons (Fsp3) is 0.438. The number of carboxylic acids is 1. The summed E-state index contributed by atoms with van der Waals surface area (Å²) in [6, 6.07) is 19.3. The molecule has 230 valence electrons. The van der Waals surface area contributed by atoms with Crippen LogP contribution in [-0.4, -0.2) is 36.8 Å². The molecule has 0 atom stereocenters. The lowest BCUT2D eigenvalue weighted by Gasteiger charge is -2.20. The molecular weight excluding hydrogens is 572 g/mol. The number of amides is 1. The maximum atomic E-state index is 12.5. The van der Waals surface area contributed by atoms with Crippen LogP contribution in [0, 0.1) is 0 Å². The predicted molar refractivity (Wildman–Crippen MR) is 168 cm³/mol. The number of aliphatic carboxylic acids is 1. The Morgan fingerprint density at radius 1 is 0.786 bits per heavy atom. The number of carboxylic acid groups (broad SMARTS) is 1. The van der Waals surface area contributed by atoms with E-state index in [1.165, 1.54) is 43.1 Å². The number of thiophene rings is 1. The third-order valence-corrected chi connectivity index (χ3v) is 9.30. The minimum Gasteiger partial charge on any atom is -0.474 e. The molecule has 0 saturated heterocycles. The van der Waals surface area contributed by atoms with Gasteiger partial charge < -0.3 is 14.7 Å². The average Bonchev–Trinajstić information content (AvgIpc) is 3.46. The summed E-state index contributed by atoms with van der Waals surface area (Å²) in [6.07, 6.45) is 9.68. The summed E-state index contributed by atoms with van der Waals surface area (Å²) < 4.78 is 33.5. The molecule has 2 N–H and O–H groups in total. The molecule has 1 heterocycles. The van der Waals surface area contributed by atoms with Gasteiger partial charge in [0.2, 0.25) is 10.0 Å². The summed E-state index contributed by atoms with van der Waals surface area (Å²) in [5.74, 6) is -1.34. The summed E-state index contributed by atoms with van der Waals surface area (Å²) in [5.41, 5.74) is 0.710. The lowest BCUT2D eigenvalue weighted by Crippen LogP contribution is -2.35. The largest absolute Gasteiger partial charge is 0.474 e. The Balaban J connectivity index is 0.000000782. The van der Waals surface area contributed by atoms with Crippen molar-refractivity contribution in [1.82, 2.24) is 9.62 Å². The van der Waals surface area contributed by atoms with Crippen molar-refractivity contribution in [1.29, 1.82) is 0 Å². The van der Waals surface area contributed by atoms with Gasteiger partial charge in [-0.2, -0.15) is 0 Å². The fourth-order valence-corrected chi connectivity index (χ4v) is 6.44. The number of sulfonamides is 1.